The highest BCUT2D eigenvalue weighted by Gasteiger charge is 2.27. The van der Waals surface area contributed by atoms with Crippen LogP contribution >= 0.6 is 23.8 Å². The van der Waals surface area contributed by atoms with E-state index in [0.717, 1.165) is 0 Å². The molecule has 0 saturated carbocycles. The zero-order valence-corrected chi connectivity index (χ0v) is 14.3. The Bertz CT molecular complexity index is 615. The molecule has 0 heterocycles. The first-order chi connectivity index (χ1) is 9.09. The summed E-state index contributed by atoms with van der Waals surface area (Å²) >= 11 is 10.9. The molecule has 0 radical (unpaired) electrons. The summed E-state index contributed by atoms with van der Waals surface area (Å²) < 4.78 is 26.4. The lowest BCUT2D eigenvalue weighted by Gasteiger charge is -2.27. The van der Waals surface area contributed by atoms with E-state index in [1.165, 1.54) is 22.5 Å². The SMILES string of the molecule is CC(C)C(C)N(C)S(=O)(=O)c1ccc(C(N)=S)c(Cl)c1. The van der Waals surface area contributed by atoms with Gasteiger partial charge in [0.05, 0.1) is 9.92 Å². The molecule has 112 valence electrons. The Morgan fingerprint density at radius 1 is 1.35 bits per heavy atom. The van der Waals surface area contributed by atoms with Crippen LogP contribution in [0.1, 0.15) is 26.3 Å². The molecule has 1 unspecified atom stereocenters. The molecule has 1 aromatic carbocycles. The van der Waals surface area contributed by atoms with Gasteiger partial charge >= 0.3 is 0 Å². The predicted molar refractivity (Wildman–Crippen MR) is 86.6 cm³/mol. The van der Waals surface area contributed by atoms with Crippen molar-refractivity contribution in [1.29, 1.82) is 0 Å². The average Bonchev–Trinajstić information content (AvgIpc) is 2.36. The van der Waals surface area contributed by atoms with E-state index in [9.17, 15) is 8.42 Å². The van der Waals surface area contributed by atoms with Crippen LogP contribution in [0.5, 0.6) is 0 Å². The maximum atomic E-state index is 12.5. The fourth-order valence-corrected chi connectivity index (χ4v) is 3.76. The minimum atomic E-state index is -3.58. The second-order valence-electron chi connectivity index (χ2n) is 5.01. The smallest absolute Gasteiger partial charge is 0.243 e. The number of hydrogen-bond acceptors (Lipinski definition) is 3. The molecule has 0 spiro atoms. The molecule has 1 atom stereocenters. The highest BCUT2D eigenvalue weighted by Crippen LogP contribution is 2.25. The fourth-order valence-electron chi connectivity index (χ4n) is 1.66. The summed E-state index contributed by atoms with van der Waals surface area (Å²) in [7, 11) is -2.02. The third-order valence-electron chi connectivity index (χ3n) is 3.42. The van der Waals surface area contributed by atoms with Gasteiger partial charge in [-0.05, 0) is 31.0 Å². The van der Waals surface area contributed by atoms with E-state index in [2.05, 4.69) is 0 Å². The standard InChI is InChI=1S/C13H19ClN2O2S2/c1-8(2)9(3)16(4)20(17,18)10-5-6-11(13(15)19)12(14)7-10/h5-9H,1-4H3,(H2,15,19). The Morgan fingerprint density at radius 3 is 2.30 bits per heavy atom. The molecule has 0 aliphatic carbocycles. The molecule has 20 heavy (non-hydrogen) atoms. The van der Waals surface area contributed by atoms with E-state index >= 15 is 0 Å². The largest absolute Gasteiger partial charge is 0.389 e. The summed E-state index contributed by atoms with van der Waals surface area (Å²) in [5.74, 6) is 0.209. The number of nitrogens with two attached hydrogens (primary N) is 1. The van der Waals surface area contributed by atoms with Crippen LogP contribution in [-0.4, -0.2) is 30.8 Å². The van der Waals surface area contributed by atoms with Crippen molar-refractivity contribution in [2.75, 3.05) is 7.05 Å². The molecule has 0 saturated heterocycles. The highest BCUT2D eigenvalue weighted by atomic mass is 35.5. The van der Waals surface area contributed by atoms with Gasteiger partial charge in [0.25, 0.3) is 0 Å². The van der Waals surface area contributed by atoms with Gasteiger partial charge in [-0.3, -0.25) is 0 Å². The Labute approximate surface area is 131 Å². The number of rotatable bonds is 5. The maximum absolute atomic E-state index is 12.5. The monoisotopic (exact) mass is 334 g/mol. The molecule has 4 nitrogen and oxygen atoms in total. The zero-order valence-electron chi connectivity index (χ0n) is 11.9. The molecule has 0 amide bonds. The van der Waals surface area contributed by atoms with Crippen molar-refractivity contribution in [3.8, 4) is 0 Å². The number of hydrogen-bond donors (Lipinski definition) is 1. The van der Waals surface area contributed by atoms with Gasteiger partial charge in [0.1, 0.15) is 4.99 Å². The maximum Gasteiger partial charge on any atom is 0.243 e. The van der Waals surface area contributed by atoms with Crippen LogP contribution in [0.2, 0.25) is 5.02 Å². The lowest BCUT2D eigenvalue weighted by molar-refractivity contribution is 0.316. The molecular formula is C13H19ClN2O2S2. The molecular weight excluding hydrogens is 316 g/mol. The van der Waals surface area contributed by atoms with Gasteiger partial charge in [-0.25, -0.2) is 8.42 Å². The summed E-state index contributed by atoms with van der Waals surface area (Å²) in [4.78, 5) is 0.278. The number of halogens is 1. The van der Waals surface area contributed by atoms with Gasteiger partial charge in [0, 0.05) is 18.7 Å². The number of nitrogens with zero attached hydrogens (tertiary/aromatic N) is 1. The average molecular weight is 335 g/mol. The van der Waals surface area contributed by atoms with Gasteiger partial charge < -0.3 is 5.73 Å². The van der Waals surface area contributed by atoms with Gasteiger partial charge in [-0.2, -0.15) is 4.31 Å². The van der Waals surface area contributed by atoms with Crippen LogP contribution in [0, 0.1) is 5.92 Å². The van der Waals surface area contributed by atoms with E-state index in [1.807, 2.05) is 20.8 Å². The molecule has 0 bridgehead atoms. The van der Waals surface area contributed by atoms with Crippen molar-refractivity contribution >= 4 is 38.8 Å². The Morgan fingerprint density at radius 2 is 1.90 bits per heavy atom. The molecule has 2 N–H and O–H groups in total. The molecule has 0 fully saturated rings. The van der Waals surface area contributed by atoms with Crippen LogP contribution in [0.4, 0.5) is 0 Å². The second kappa shape index (κ2) is 6.39. The number of thiocarbonyl (C=S) groups is 1. The van der Waals surface area contributed by atoms with Crippen LogP contribution in [-0.2, 0) is 10.0 Å². The molecule has 0 aliphatic rings. The summed E-state index contributed by atoms with van der Waals surface area (Å²) in [5, 5.41) is 0.240. The van der Waals surface area contributed by atoms with Crippen molar-refractivity contribution in [1.82, 2.24) is 4.31 Å². The summed E-state index contributed by atoms with van der Waals surface area (Å²) in [5.41, 5.74) is 5.98. The minimum Gasteiger partial charge on any atom is -0.389 e. The number of benzene rings is 1. The van der Waals surface area contributed by atoms with Crippen LogP contribution in [0.25, 0.3) is 0 Å². The lowest BCUT2D eigenvalue weighted by Crippen LogP contribution is -2.38. The highest BCUT2D eigenvalue weighted by molar-refractivity contribution is 7.89. The van der Waals surface area contributed by atoms with Crippen molar-refractivity contribution < 1.29 is 8.42 Å². The lowest BCUT2D eigenvalue weighted by atomic mass is 10.1. The first-order valence-electron chi connectivity index (χ1n) is 6.16. The van der Waals surface area contributed by atoms with Crippen molar-refractivity contribution in [3.05, 3.63) is 28.8 Å². The van der Waals surface area contributed by atoms with E-state index in [-0.39, 0.29) is 26.9 Å². The van der Waals surface area contributed by atoms with E-state index in [4.69, 9.17) is 29.6 Å². The van der Waals surface area contributed by atoms with Crippen LogP contribution in [0.3, 0.4) is 0 Å². The van der Waals surface area contributed by atoms with E-state index in [0.29, 0.717) is 5.56 Å². The van der Waals surface area contributed by atoms with Gasteiger partial charge in [0.15, 0.2) is 0 Å². The topological polar surface area (TPSA) is 63.4 Å². The molecule has 1 aromatic rings. The minimum absolute atomic E-state index is 0.117. The Kier molecular flexibility index (Phi) is 5.54. The van der Waals surface area contributed by atoms with Crippen molar-refractivity contribution in [2.24, 2.45) is 11.7 Å². The van der Waals surface area contributed by atoms with Crippen LogP contribution < -0.4 is 5.73 Å². The first kappa shape index (κ1) is 17.4. The zero-order chi connectivity index (χ0) is 15.7. The van der Waals surface area contributed by atoms with Crippen molar-refractivity contribution in [3.63, 3.8) is 0 Å². The van der Waals surface area contributed by atoms with Gasteiger partial charge in [0.2, 0.25) is 10.0 Å². The quantitative estimate of drug-likeness (QED) is 0.841. The van der Waals surface area contributed by atoms with Gasteiger partial charge in [-0.1, -0.05) is 37.7 Å². The molecule has 0 aromatic heterocycles. The Balaban J connectivity index is 3.23. The molecule has 1 rings (SSSR count). The van der Waals surface area contributed by atoms with E-state index < -0.39 is 10.0 Å². The van der Waals surface area contributed by atoms with Gasteiger partial charge in [-0.15, -0.1) is 0 Å². The van der Waals surface area contributed by atoms with Crippen LogP contribution in [0.15, 0.2) is 23.1 Å². The normalized spacial score (nSPS) is 13.8. The number of sulfonamides is 1. The molecule has 0 aliphatic heterocycles. The third-order valence-corrected chi connectivity index (χ3v) is 5.89. The predicted octanol–water partition coefficient (Wildman–Crippen LogP) is 2.64. The fraction of sp³-hybridized carbons (Fsp3) is 0.462. The first-order valence-corrected chi connectivity index (χ1v) is 8.39. The Hall–Kier alpha value is -0.690. The second-order valence-corrected chi connectivity index (χ2v) is 7.86. The summed E-state index contributed by atoms with van der Waals surface area (Å²) in [6, 6.07) is 4.27. The van der Waals surface area contributed by atoms with Crippen molar-refractivity contribution in [2.45, 2.75) is 31.7 Å². The molecule has 7 heteroatoms. The third kappa shape index (κ3) is 3.49. The summed E-state index contributed by atoms with van der Waals surface area (Å²) in [6.45, 7) is 5.81. The summed E-state index contributed by atoms with van der Waals surface area (Å²) in [6.07, 6.45) is 0. The van der Waals surface area contributed by atoms with E-state index in [1.54, 1.807) is 7.05 Å².